The second-order valence-electron chi connectivity index (χ2n) is 5.02. The number of carbonyl (C=O) groups is 2. The summed E-state index contributed by atoms with van der Waals surface area (Å²) in [5, 5.41) is 2.69. The maximum Gasteiger partial charge on any atom is 0.262 e. The fourth-order valence-corrected chi connectivity index (χ4v) is 2.25. The van der Waals surface area contributed by atoms with Gasteiger partial charge in [-0.1, -0.05) is 18.2 Å². The Bertz CT molecular complexity index is 795. The maximum atomic E-state index is 12.3. The van der Waals surface area contributed by atoms with Gasteiger partial charge in [0.15, 0.2) is 12.4 Å². The lowest BCUT2D eigenvalue weighted by molar-refractivity contribution is -0.118. The zero-order chi connectivity index (χ0) is 16.2. The van der Waals surface area contributed by atoms with E-state index in [9.17, 15) is 9.59 Å². The second kappa shape index (κ2) is 6.36. The van der Waals surface area contributed by atoms with Crippen LogP contribution in [0.2, 0.25) is 0 Å². The molecule has 0 atom stereocenters. The van der Waals surface area contributed by atoms with Gasteiger partial charge in [0.1, 0.15) is 11.5 Å². The van der Waals surface area contributed by atoms with Gasteiger partial charge in [-0.25, -0.2) is 0 Å². The number of ether oxygens (including phenoxy) is 2. The lowest BCUT2D eigenvalue weighted by atomic mass is 10.1. The first-order valence-electron chi connectivity index (χ1n) is 7.09. The molecule has 1 aliphatic rings. The van der Waals surface area contributed by atoms with Crippen LogP contribution in [0.3, 0.4) is 0 Å². The van der Waals surface area contributed by atoms with E-state index in [1.165, 1.54) is 6.08 Å². The number of methoxy groups -OCH3 is 1. The van der Waals surface area contributed by atoms with Crippen LogP contribution in [0.1, 0.15) is 15.9 Å². The van der Waals surface area contributed by atoms with Crippen molar-refractivity contribution in [1.82, 2.24) is 0 Å². The van der Waals surface area contributed by atoms with Gasteiger partial charge in [-0.05, 0) is 42.0 Å². The van der Waals surface area contributed by atoms with Crippen LogP contribution < -0.4 is 14.8 Å². The predicted molar refractivity (Wildman–Crippen MR) is 86.9 cm³/mol. The molecular weight excluding hydrogens is 294 g/mol. The van der Waals surface area contributed by atoms with Crippen molar-refractivity contribution in [1.29, 1.82) is 0 Å². The zero-order valence-corrected chi connectivity index (χ0v) is 12.5. The number of anilines is 1. The van der Waals surface area contributed by atoms with E-state index in [-0.39, 0.29) is 18.3 Å². The standard InChI is InChI=1S/C18H15NO4/c1-22-14-4-2-3-12(9-14)5-7-16(20)13-6-8-17-15(10-13)19-18(21)11-23-17/h2-10H,11H2,1H3,(H,19,21). The molecule has 0 radical (unpaired) electrons. The average Bonchev–Trinajstić information content (AvgIpc) is 2.59. The highest BCUT2D eigenvalue weighted by molar-refractivity contribution is 6.08. The molecule has 1 aliphatic heterocycles. The Hall–Kier alpha value is -3.08. The Morgan fingerprint density at radius 3 is 2.96 bits per heavy atom. The van der Waals surface area contributed by atoms with Crippen LogP contribution in [0, 0.1) is 0 Å². The van der Waals surface area contributed by atoms with Crippen LogP contribution in [0.25, 0.3) is 6.08 Å². The smallest absolute Gasteiger partial charge is 0.262 e. The van der Waals surface area contributed by atoms with Crippen LogP contribution in [0.4, 0.5) is 5.69 Å². The Kier molecular flexibility index (Phi) is 4.10. The second-order valence-corrected chi connectivity index (χ2v) is 5.02. The van der Waals surface area contributed by atoms with Crippen LogP contribution in [0.5, 0.6) is 11.5 Å². The number of allylic oxidation sites excluding steroid dienone is 1. The lowest BCUT2D eigenvalue weighted by Gasteiger charge is -2.17. The third-order valence-electron chi connectivity index (χ3n) is 3.42. The molecule has 2 aromatic carbocycles. The monoisotopic (exact) mass is 309 g/mol. The van der Waals surface area contributed by atoms with Gasteiger partial charge in [-0.2, -0.15) is 0 Å². The molecule has 1 N–H and O–H groups in total. The highest BCUT2D eigenvalue weighted by atomic mass is 16.5. The van der Waals surface area contributed by atoms with Gasteiger partial charge in [0, 0.05) is 5.56 Å². The van der Waals surface area contributed by atoms with Gasteiger partial charge in [-0.3, -0.25) is 9.59 Å². The normalized spacial score (nSPS) is 13.2. The van der Waals surface area contributed by atoms with Crippen LogP contribution >= 0.6 is 0 Å². The van der Waals surface area contributed by atoms with Gasteiger partial charge in [-0.15, -0.1) is 0 Å². The van der Waals surface area contributed by atoms with Crippen molar-refractivity contribution in [3.8, 4) is 11.5 Å². The van der Waals surface area contributed by atoms with Crippen molar-refractivity contribution < 1.29 is 19.1 Å². The van der Waals surface area contributed by atoms with Crippen molar-refractivity contribution in [2.24, 2.45) is 0 Å². The average molecular weight is 309 g/mol. The highest BCUT2D eigenvalue weighted by Gasteiger charge is 2.17. The summed E-state index contributed by atoms with van der Waals surface area (Å²) in [6.45, 7) is -0.00393. The number of benzene rings is 2. The molecule has 0 aliphatic carbocycles. The minimum Gasteiger partial charge on any atom is -0.497 e. The van der Waals surface area contributed by atoms with Crippen molar-refractivity contribution in [2.45, 2.75) is 0 Å². The van der Waals surface area contributed by atoms with E-state index in [4.69, 9.17) is 9.47 Å². The fourth-order valence-electron chi connectivity index (χ4n) is 2.25. The number of hydrogen-bond acceptors (Lipinski definition) is 4. The summed E-state index contributed by atoms with van der Waals surface area (Å²) >= 11 is 0. The number of carbonyl (C=O) groups excluding carboxylic acids is 2. The molecule has 0 spiro atoms. The number of rotatable bonds is 4. The molecule has 0 unspecified atom stereocenters. The number of ketones is 1. The maximum absolute atomic E-state index is 12.3. The molecule has 3 rings (SSSR count). The summed E-state index contributed by atoms with van der Waals surface area (Å²) in [6.07, 6.45) is 3.21. The third kappa shape index (κ3) is 3.40. The van der Waals surface area contributed by atoms with Gasteiger partial charge >= 0.3 is 0 Å². The molecule has 5 heteroatoms. The molecule has 2 aromatic rings. The van der Waals surface area contributed by atoms with E-state index in [1.807, 2.05) is 24.3 Å². The van der Waals surface area contributed by atoms with Gasteiger partial charge in [0.2, 0.25) is 0 Å². The number of nitrogens with one attached hydrogen (secondary N) is 1. The first-order chi connectivity index (χ1) is 11.2. The van der Waals surface area contributed by atoms with Crippen molar-refractivity contribution >= 4 is 23.5 Å². The fraction of sp³-hybridized carbons (Fsp3) is 0.111. The topological polar surface area (TPSA) is 64.6 Å². The van der Waals surface area contributed by atoms with Crippen LogP contribution in [0.15, 0.2) is 48.5 Å². The van der Waals surface area contributed by atoms with Gasteiger partial charge < -0.3 is 14.8 Å². The molecule has 116 valence electrons. The summed E-state index contributed by atoms with van der Waals surface area (Å²) < 4.78 is 10.4. The largest absolute Gasteiger partial charge is 0.497 e. The Morgan fingerprint density at radius 1 is 1.26 bits per heavy atom. The van der Waals surface area contributed by atoms with Gasteiger partial charge in [0.25, 0.3) is 5.91 Å². The van der Waals surface area contributed by atoms with E-state index in [2.05, 4.69) is 5.32 Å². The molecular formula is C18H15NO4. The minimum absolute atomic E-state index is 0.00393. The quantitative estimate of drug-likeness (QED) is 0.696. The van der Waals surface area contributed by atoms with Crippen molar-refractivity contribution in [3.05, 3.63) is 59.7 Å². The number of amides is 1. The Balaban J connectivity index is 1.79. The molecule has 1 heterocycles. The highest BCUT2D eigenvalue weighted by Crippen LogP contribution is 2.28. The summed E-state index contributed by atoms with van der Waals surface area (Å²) in [6, 6.07) is 12.4. The summed E-state index contributed by atoms with van der Waals surface area (Å²) in [7, 11) is 1.59. The molecule has 0 aromatic heterocycles. The molecule has 1 amide bonds. The van der Waals surface area contributed by atoms with Crippen LogP contribution in [-0.4, -0.2) is 25.4 Å². The third-order valence-corrected chi connectivity index (χ3v) is 3.42. The van der Waals surface area contributed by atoms with Crippen LogP contribution in [-0.2, 0) is 4.79 Å². The predicted octanol–water partition coefficient (Wildman–Crippen LogP) is 2.92. The number of fused-ring (bicyclic) bond motifs is 1. The summed E-state index contributed by atoms with van der Waals surface area (Å²) in [5.74, 6) is 0.913. The van der Waals surface area contributed by atoms with E-state index < -0.39 is 0 Å². The summed E-state index contributed by atoms with van der Waals surface area (Å²) in [4.78, 5) is 23.6. The van der Waals surface area contributed by atoms with Crippen molar-refractivity contribution in [3.63, 3.8) is 0 Å². The first kappa shape index (κ1) is 14.8. The van der Waals surface area contributed by atoms with E-state index in [0.29, 0.717) is 17.0 Å². The first-order valence-corrected chi connectivity index (χ1v) is 7.09. The SMILES string of the molecule is COc1cccc(C=CC(=O)c2ccc3c(c2)NC(=O)CO3)c1. The molecule has 23 heavy (non-hydrogen) atoms. The molecule has 5 nitrogen and oxygen atoms in total. The van der Waals surface area contributed by atoms with E-state index in [0.717, 1.165) is 11.3 Å². The Labute approximate surface area is 133 Å². The lowest BCUT2D eigenvalue weighted by Crippen LogP contribution is -2.25. The molecule has 0 saturated carbocycles. The van der Waals surface area contributed by atoms with E-state index >= 15 is 0 Å². The van der Waals surface area contributed by atoms with E-state index in [1.54, 1.807) is 31.4 Å². The van der Waals surface area contributed by atoms with Gasteiger partial charge in [0.05, 0.1) is 12.8 Å². The van der Waals surface area contributed by atoms with Crippen molar-refractivity contribution in [2.75, 3.05) is 19.0 Å². The summed E-state index contributed by atoms with van der Waals surface area (Å²) in [5.41, 5.74) is 1.86. The molecule has 0 saturated heterocycles. The zero-order valence-electron chi connectivity index (χ0n) is 12.5. The molecule has 0 fully saturated rings. The Morgan fingerprint density at radius 2 is 2.13 bits per heavy atom. The minimum atomic E-state index is -0.228. The molecule has 0 bridgehead atoms. The number of hydrogen-bond donors (Lipinski definition) is 1.